The van der Waals surface area contributed by atoms with Crippen molar-refractivity contribution >= 4 is 33.5 Å². The van der Waals surface area contributed by atoms with E-state index in [1.807, 2.05) is 72.8 Å². The Hall–Kier alpha value is -7.04. The van der Waals surface area contributed by atoms with E-state index in [2.05, 4.69) is 30.3 Å². The Morgan fingerprint density at radius 1 is 0.687 bits per heavy atom. The number of rotatable bonds is 9. The molecular formula is C57H54O10. The predicted octanol–water partition coefficient (Wildman–Crippen LogP) is 10.2. The summed E-state index contributed by atoms with van der Waals surface area (Å²) in [5.74, 6) is -1.72. The first-order valence-electron chi connectivity index (χ1n) is 23.1. The smallest absolute Gasteiger partial charge is 0.310 e. The minimum Gasteiger partial charge on any atom is -0.508 e. The van der Waals surface area contributed by atoms with Gasteiger partial charge in [0.2, 0.25) is 0 Å². The second kappa shape index (κ2) is 17.6. The van der Waals surface area contributed by atoms with E-state index in [1.54, 1.807) is 24.3 Å². The van der Waals surface area contributed by atoms with Crippen molar-refractivity contribution in [3.63, 3.8) is 0 Å². The van der Waals surface area contributed by atoms with Gasteiger partial charge in [-0.05, 0) is 146 Å². The Labute approximate surface area is 389 Å². The van der Waals surface area contributed by atoms with Crippen molar-refractivity contribution in [3.05, 3.63) is 161 Å². The molecule has 10 rings (SSSR count). The van der Waals surface area contributed by atoms with Crippen LogP contribution in [0, 0.1) is 11.8 Å². The number of hydrogen-bond acceptors (Lipinski definition) is 10. The number of benzene rings is 7. The zero-order valence-corrected chi connectivity index (χ0v) is 37.8. The van der Waals surface area contributed by atoms with Crippen molar-refractivity contribution in [2.24, 2.45) is 11.8 Å². The molecule has 7 aromatic rings. The second-order valence-electron chi connectivity index (χ2n) is 18.6. The van der Waals surface area contributed by atoms with Gasteiger partial charge in [-0.3, -0.25) is 9.59 Å². The first kappa shape index (κ1) is 43.8. The third-order valence-electron chi connectivity index (χ3n) is 15.1. The van der Waals surface area contributed by atoms with Gasteiger partial charge in [-0.25, -0.2) is 0 Å². The van der Waals surface area contributed by atoms with Crippen molar-refractivity contribution in [1.82, 2.24) is 0 Å². The van der Waals surface area contributed by atoms with Gasteiger partial charge in [0, 0.05) is 30.6 Å². The van der Waals surface area contributed by atoms with E-state index in [9.17, 15) is 30.0 Å². The maximum atomic E-state index is 14.5. The average molecular weight is 899 g/mol. The van der Waals surface area contributed by atoms with Crippen molar-refractivity contribution in [2.75, 3.05) is 20.8 Å². The van der Waals surface area contributed by atoms with Crippen LogP contribution in [0.15, 0.2) is 127 Å². The minimum absolute atomic E-state index is 0.0279. The van der Waals surface area contributed by atoms with Crippen LogP contribution >= 0.6 is 0 Å². The first-order chi connectivity index (χ1) is 32.5. The number of aliphatic hydroxyl groups excluding tert-OH is 1. The first-order valence-corrected chi connectivity index (χ1v) is 23.1. The molecule has 0 aliphatic heterocycles. The molecular weight excluding hydrogens is 845 g/mol. The minimum atomic E-state index is -0.911. The summed E-state index contributed by atoms with van der Waals surface area (Å²) in [6.45, 7) is 1.13. The van der Waals surface area contributed by atoms with Crippen LogP contribution in [-0.4, -0.2) is 65.4 Å². The molecule has 1 fully saturated rings. The molecule has 0 bridgehead atoms. The number of carbonyl (C=O) groups is 2. The average Bonchev–Trinajstić information content (AvgIpc) is 3.32. The van der Waals surface area contributed by atoms with Gasteiger partial charge in [-0.2, -0.15) is 0 Å². The number of fused-ring (bicyclic) bond motifs is 8. The van der Waals surface area contributed by atoms with E-state index in [0.717, 1.165) is 66.1 Å². The number of aliphatic hydroxyl groups is 1. The summed E-state index contributed by atoms with van der Waals surface area (Å²) in [7, 11) is 3.03. The Bertz CT molecular complexity index is 3040. The lowest BCUT2D eigenvalue weighted by atomic mass is 9.44. The van der Waals surface area contributed by atoms with Crippen molar-refractivity contribution in [2.45, 2.75) is 74.9 Å². The zero-order chi connectivity index (χ0) is 46.6. The molecule has 0 heterocycles. The van der Waals surface area contributed by atoms with Gasteiger partial charge < -0.3 is 39.4 Å². The third kappa shape index (κ3) is 7.76. The number of hydrogen-bond donors (Lipinski definition) is 4. The van der Waals surface area contributed by atoms with E-state index < -0.39 is 41.4 Å². The van der Waals surface area contributed by atoms with E-state index >= 15 is 0 Å². The highest BCUT2D eigenvalue weighted by atomic mass is 16.6. The number of phenols is 3. The van der Waals surface area contributed by atoms with Gasteiger partial charge >= 0.3 is 11.9 Å². The molecule has 0 amide bonds. The molecule has 4 N–H and O–H groups in total. The van der Waals surface area contributed by atoms with Crippen LogP contribution in [0.3, 0.4) is 0 Å². The summed E-state index contributed by atoms with van der Waals surface area (Å²) in [6.07, 6.45) is 0.640. The monoisotopic (exact) mass is 898 g/mol. The SMILES string of the molecule is COc1cc2c(cc1O)C(CO)C1(c3ccc4ccccc4c3)C(C2)C(OC(C)=O)CC(OC(=O)Cc2ccc3cc(O)cc(-c4ccccc4)c3c2)CC2c3cc(OC)c(O)cc3CCC21. The molecule has 0 spiro atoms. The summed E-state index contributed by atoms with van der Waals surface area (Å²) in [5.41, 5.74) is 6.17. The third-order valence-corrected chi connectivity index (χ3v) is 15.1. The number of methoxy groups -OCH3 is 2. The Kier molecular flexibility index (Phi) is 11.5. The molecule has 0 saturated heterocycles. The maximum Gasteiger partial charge on any atom is 0.310 e. The zero-order valence-electron chi connectivity index (χ0n) is 37.8. The van der Waals surface area contributed by atoms with Crippen molar-refractivity contribution < 1.29 is 49.0 Å². The quantitative estimate of drug-likeness (QED) is 0.103. The highest BCUT2D eigenvalue weighted by Crippen LogP contribution is 2.64. The summed E-state index contributed by atoms with van der Waals surface area (Å²) < 4.78 is 24.5. The molecule has 342 valence electrons. The standard InChI is InChI=1S/C57H54O10/c1-32(59)66-53-28-42(67-56(63)20-33-13-14-37-22-41(60)26-44(43(37)19-33)35-10-5-4-6-11-35)27-47-45-30-55(65-3)51(61)24-38(45)16-18-48(47)57(40-17-15-34-9-7-8-12-36(34)21-40)49(53)23-39-25-54(64-2)52(62)29-46(39)50(57)31-58/h4-15,17,19,21-22,24-26,29-30,42,47-50,53,58,60-62H,16,18,20,23,27-28,31H2,1-3H3. The number of aromatic hydroxyl groups is 3. The van der Waals surface area contributed by atoms with E-state index in [0.29, 0.717) is 37.2 Å². The Morgan fingerprint density at radius 3 is 2.18 bits per heavy atom. The fraction of sp³-hybridized carbons (Fsp3) is 0.298. The lowest BCUT2D eigenvalue weighted by molar-refractivity contribution is -0.164. The molecule has 1 saturated carbocycles. The fourth-order valence-electron chi connectivity index (χ4n) is 12.5. The van der Waals surface area contributed by atoms with E-state index in [4.69, 9.17) is 18.9 Å². The molecule has 0 radical (unpaired) electrons. The van der Waals surface area contributed by atoms with Crippen molar-refractivity contribution in [1.29, 1.82) is 0 Å². The molecule has 10 heteroatoms. The number of ether oxygens (including phenoxy) is 4. The lowest BCUT2D eigenvalue weighted by Gasteiger charge is -2.60. The fourth-order valence-corrected chi connectivity index (χ4v) is 12.5. The highest BCUT2D eigenvalue weighted by Gasteiger charge is 2.62. The summed E-state index contributed by atoms with van der Waals surface area (Å²) in [4.78, 5) is 27.9. The molecule has 0 aromatic heterocycles. The molecule has 10 nitrogen and oxygen atoms in total. The predicted molar refractivity (Wildman–Crippen MR) is 256 cm³/mol. The van der Waals surface area contributed by atoms with E-state index in [-0.39, 0.29) is 48.5 Å². The number of aryl methyl sites for hydroxylation is 1. The van der Waals surface area contributed by atoms with Gasteiger partial charge in [0.05, 0.1) is 27.2 Å². The molecule has 7 atom stereocenters. The van der Waals surface area contributed by atoms with Gasteiger partial charge in [-0.1, -0.05) is 84.9 Å². The molecule has 3 aliphatic rings. The van der Waals surface area contributed by atoms with Gasteiger partial charge in [-0.15, -0.1) is 0 Å². The number of phenolic OH excluding ortho intramolecular Hbond substituents is 3. The molecule has 67 heavy (non-hydrogen) atoms. The van der Waals surface area contributed by atoms with Crippen LogP contribution in [-0.2, 0) is 43.7 Å². The van der Waals surface area contributed by atoms with Crippen LogP contribution in [0.4, 0.5) is 0 Å². The maximum absolute atomic E-state index is 14.5. The van der Waals surface area contributed by atoms with Gasteiger partial charge in [0.1, 0.15) is 18.0 Å². The Balaban J connectivity index is 1.13. The molecule has 3 aliphatic carbocycles. The van der Waals surface area contributed by atoms with Crippen LogP contribution in [0.5, 0.6) is 28.7 Å². The summed E-state index contributed by atoms with van der Waals surface area (Å²) in [6, 6.07) is 40.9. The largest absolute Gasteiger partial charge is 0.508 e. The molecule has 7 aromatic carbocycles. The normalized spacial score (nSPS) is 23.1. The lowest BCUT2D eigenvalue weighted by Crippen LogP contribution is -2.60. The van der Waals surface area contributed by atoms with Gasteiger partial charge in [0.15, 0.2) is 23.0 Å². The van der Waals surface area contributed by atoms with Gasteiger partial charge in [0.25, 0.3) is 0 Å². The van der Waals surface area contributed by atoms with E-state index in [1.165, 1.54) is 21.1 Å². The van der Waals surface area contributed by atoms with Crippen LogP contribution in [0.25, 0.3) is 32.7 Å². The van der Waals surface area contributed by atoms with Crippen molar-refractivity contribution in [3.8, 4) is 39.9 Å². The van der Waals surface area contributed by atoms with Crippen LogP contribution in [0.1, 0.15) is 71.4 Å². The Morgan fingerprint density at radius 2 is 1.42 bits per heavy atom. The number of carbonyl (C=O) groups excluding carboxylic acids is 2. The highest BCUT2D eigenvalue weighted by molar-refractivity contribution is 5.98. The van der Waals surface area contributed by atoms with Crippen LogP contribution in [0.2, 0.25) is 0 Å². The summed E-state index contributed by atoms with van der Waals surface area (Å²) >= 11 is 0. The molecule has 7 unspecified atom stereocenters. The number of esters is 2. The second-order valence-corrected chi connectivity index (χ2v) is 18.6. The van der Waals surface area contributed by atoms with Crippen LogP contribution < -0.4 is 9.47 Å². The summed E-state index contributed by atoms with van der Waals surface area (Å²) in [5, 5.41) is 48.9. The topological polar surface area (TPSA) is 152 Å².